The fourth-order valence-corrected chi connectivity index (χ4v) is 16.8. The molecule has 15 unspecified atom stereocenters. The maximum atomic E-state index is 14.8. The summed E-state index contributed by atoms with van der Waals surface area (Å²) in [7, 11) is 4.65. The van der Waals surface area contributed by atoms with E-state index in [2.05, 4.69) is 30.6 Å². The lowest BCUT2D eigenvalue weighted by Crippen LogP contribution is -2.61. The highest BCUT2D eigenvalue weighted by Crippen LogP contribution is 2.40. The fourth-order valence-electron chi connectivity index (χ4n) is 16.8. The SMILES string of the molecule is COC1CC2CCC(C)C(O)(O2)C(=O)C(=O)N2CCCCC2C(=O)OC(C(C)CC2CCC(OCCCCc3cn(CCOCCOCCOCCOCCOCCOCCOCCOCCC(=O)NCCCCn4nc(-c5cc6cc(O)ccc6[nH]5)c5c(N)ncnc54)nn3)C(OC)C2)CC(=O)C(C)C=C(C)C(O)C(OC)C(=O)C(C)CC(C)C=CC=CC=C1C. The first-order valence-electron chi connectivity index (χ1n) is 45.6. The molecule has 4 aromatic heterocycles. The van der Waals surface area contributed by atoms with Crippen LogP contribution in [0.2, 0.25) is 0 Å². The zero-order valence-electron chi connectivity index (χ0n) is 76.2. The third kappa shape index (κ3) is 32.4. The quantitative estimate of drug-likeness (QED) is 0.00913. The van der Waals surface area contributed by atoms with Crippen molar-refractivity contribution in [2.75, 3.05) is 152 Å². The number of phenolic OH excluding ortho intramolecular Hbond substituents is 1. The summed E-state index contributed by atoms with van der Waals surface area (Å²) in [6.45, 7) is 21.6. The number of aliphatic hydroxyl groups is 2. The molecule has 2 bridgehead atoms. The van der Waals surface area contributed by atoms with Crippen molar-refractivity contribution in [3.8, 4) is 17.1 Å². The fraction of sp³-hybridized carbons (Fsp3) is 0.688. The number of nitrogens with zero attached hydrogens (tertiary/aromatic N) is 8. The number of esters is 1. The maximum absolute atomic E-state index is 14.8. The molecule has 5 aromatic rings. The van der Waals surface area contributed by atoms with Gasteiger partial charge >= 0.3 is 5.97 Å². The number of allylic oxidation sites excluding steroid dienone is 6. The molecule has 3 aliphatic heterocycles. The minimum Gasteiger partial charge on any atom is -0.508 e. The Hall–Kier alpha value is -8.17. The predicted molar refractivity (Wildman–Crippen MR) is 474 cm³/mol. The van der Waals surface area contributed by atoms with Crippen LogP contribution in [0.3, 0.4) is 0 Å². The highest BCUT2D eigenvalue weighted by molar-refractivity contribution is 6.39. The van der Waals surface area contributed by atoms with Crippen molar-refractivity contribution < 1.29 is 110 Å². The molecular weight excluding hydrogens is 1640 g/mol. The molecule has 9 rings (SSSR count). The standard InChI is InChI=1S/C93H141N11O23/c1-62-20-12-11-13-21-63(2)79(114-8)58-73-27-24-68(7)93(113,127-73)88(110)91(111)103-32-17-14-23-76(103)92(112)126-80(59-77(106)64(3)53-67(6)86(109)87(116-10)85(108)66(5)52-62)65(4)54-69-25-29-78(81(55-69)115-9)125-35-19-15-22-71-60-102(101-99-71)34-37-118-39-41-120-43-45-122-47-49-124-51-50-123-48-46-121-44-42-119-40-38-117-36-30-82(107)95-31-16-18-33-104-90-83(89(94)96-61-97-90)84(100-104)75-57-70-56-72(105)26-28-74(70)98-75/h11-13,20-21,26,28,53,56-57,60-62,64-66,68-69,73,76,78-81,86-87,98,105,109,113H,14-19,22-25,27,29-52,54-55,58-59H2,1-10H3,(H,95,107)(H2,94,96,97). The summed E-state index contributed by atoms with van der Waals surface area (Å²) in [6.07, 6.45) is 19.3. The molecule has 706 valence electrons. The van der Waals surface area contributed by atoms with Crippen LogP contribution in [0.1, 0.15) is 163 Å². The number of phenols is 1. The number of aryl methyl sites for hydroxylation is 2. The minimum absolute atomic E-state index is 0.00507. The van der Waals surface area contributed by atoms with Gasteiger partial charge in [0.2, 0.25) is 11.7 Å². The number of methoxy groups -OCH3 is 3. The lowest BCUT2D eigenvalue weighted by atomic mass is 9.78. The second-order valence-corrected chi connectivity index (χ2v) is 34.1. The number of nitrogens with one attached hydrogen (secondary N) is 2. The molecule has 127 heavy (non-hydrogen) atoms. The van der Waals surface area contributed by atoms with E-state index < -0.39 is 77.8 Å². The van der Waals surface area contributed by atoms with Crippen molar-refractivity contribution in [2.24, 2.45) is 35.5 Å². The van der Waals surface area contributed by atoms with Crippen LogP contribution < -0.4 is 11.1 Å². The zero-order valence-corrected chi connectivity index (χ0v) is 76.2. The van der Waals surface area contributed by atoms with E-state index in [1.165, 1.54) is 18.3 Å². The van der Waals surface area contributed by atoms with Crippen molar-refractivity contribution in [1.29, 1.82) is 0 Å². The molecule has 0 radical (unpaired) electrons. The molecule has 0 spiro atoms. The Balaban J connectivity index is 0.586. The second-order valence-electron chi connectivity index (χ2n) is 34.1. The highest BCUT2D eigenvalue weighted by atomic mass is 16.6. The molecule has 15 atom stereocenters. The van der Waals surface area contributed by atoms with Gasteiger partial charge in [0.05, 0.1) is 153 Å². The van der Waals surface area contributed by atoms with Gasteiger partial charge in [0.15, 0.2) is 11.4 Å². The lowest BCUT2D eigenvalue weighted by Gasteiger charge is -2.42. The van der Waals surface area contributed by atoms with Gasteiger partial charge in [0, 0.05) is 102 Å². The first-order valence-corrected chi connectivity index (χ1v) is 45.6. The number of H-pyrrole nitrogens is 1. The Bertz CT molecular complexity index is 4320. The number of fused-ring (bicyclic) bond motifs is 5. The number of benzene rings is 1. The number of aliphatic hydroxyl groups excluding tert-OH is 1. The van der Waals surface area contributed by atoms with Crippen molar-refractivity contribution in [3.63, 3.8) is 0 Å². The summed E-state index contributed by atoms with van der Waals surface area (Å²) >= 11 is 0. The normalized spacial score (nSPS) is 25.2. The number of carbonyl (C=O) groups is 6. The summed E-state index contributed by atoms with van der Waals surface area (Å²) in [5.74, 6) is -7.77. The van der Waals surface area contributed by atoms with Gasteiger partial charge in [-0.25, -0.2) is 24.1 Å². The average molecular weight is 1780 g/mol. The number of unbranched alkanes of at least 4 members (excludes halogenated alkanes) is 2. The van der Waals surface area contributed by atoms with E-state index in [0.29, 0.717) is 205 Å². The first-order chi connectivity index (χ1) is 61.4. The third-order valence-corrected chi connectivity index (χ3v) is 24.3. The van der Waals surface area contributed by atoms with Gasteiger partial charge in [-0.2, -0.15) is 5.10 Å². The van der Waals surface area contributed by atoms with Crippen LogP contribution in [0, 0.1) is 35.5 Å². The topological polar surface area (TPSA) is 424 Å². The van der Waals surface area contributed by atoms with Crippen molar-refractivity contribution in [1.82, 2.24) is 49.9 Å². The number of nitrogen functional groups attached to an aromatic ring is 1. The minimum atomic E-state index is -2.46. The molecule has 2 saturated heterocycles. The monoisotopic (exact) mass is 1780 g/mol. The highest BCUT2D eigenvalue weighted by Gasteiger charge is 2.53. The Morgan fingerprint density at radius 1 is 0.724 bits per heavy atom. The number of carbonyl (C=O) groups excluding carboxylic acids is 6. The van der Waals surface area contributed by atoms with Gasteiger partial charge in [-0.3, -0.25) is 24.0 Å². The van der Waals surface area contributed by atoms with Gasteiger partial charge in [0.25, 0.3) is 11.7 Å². The van der Waals surface area contributed by atoms with Crippen LogP contribution in [0.25, 0.3) is 33.3 Å². The number of cyclic esters (lactones) is 1. The Morgan fingerprint density at radius 3 is 2.09 bits per heavy atom. The summed E-state index contributed by atoms with van der Waals surface area (Å²) in [4.78, 5) is 97.9. The van der Waals surface area contributed by atoms with E-state index >= 15 is 0 Å². The van der Waals surface area contributed by atoms with Gasteiger partial charge in [-0.1, -0.05) is 76.3 Å². The number of aromatic amines is 1. The molecule has 1 aliphatic carbocycles. The molecule has 7 heterocycles. The predicted octanol–water partition coefficient (Wildman–Crippen LogP) is 9.51. The number of aromatic hydroxyl groups is 1. The molecule has 34 heteroatoms. The second kappa shape index (κ2) is 54.5. The summed E-state index contributed by atoms with van der Waals surface area (Å²) < 4.78 is 85.4. The molecule has 2 amide bonds. The van der Waals surface area contributed by atoms with Crippen LogP contribution in [0.5, 0.6) is 5.75 Å². The number of piperidine rings is 1. The van der Waals surface area contributed by atoms with E-state index in [9.17, 15) is 44.1 Å². The van der Waals surface area contributed by atoms with Crippen LogP contribution in [0.4, 0.5) is 5.82 Å². The number of amides is 2. The van der Waals surface area contributed by atoms with Gasteiger partial charge < -0.3 is 103 Å². The van der Waals surface area contributed by atoms with Gasteiger partial charge in [0.1, 0.15) is 53.7 Å². The van der Waals surface area contributed by atoms with Crippen LogP contribution >= 0.6 is 0 Å². The summed E-state index contributed by atoms with van der Waals surface area (Å²) in [6, 6.07) is 5.84. The number of Topliss-reactive ketones (excluding diaryl/α,β-unsaturated/α-hetero) is 3. The molecular formula is C93H141N11O23. The van der Waals surface area contributed by atoms with Crippen LogP contribution in [0.15, 0.2) is 84.4 Å². The number of hydrogen-bond acceptors (Lipinski definition) is 29. The Kier molecular flexibility index (Phi) is 44.0. The van der Waals surface area contributed by atoms with E-state index in [0.717, 1.165) is 72.8 Å². The largest absolute Gasteiger partial charge is 0.508 e. The maximum Gasteiger partial charge on any atom is 0.329 e. The smallest absolute Gasteiger partial charge is 0.329 e. The summed E-state index contributed by atoms with van der Waals surface area (Å²) in [5.41, 5.74) is 11.2. The van der Waals surface area contributed by atoms with Gasteiger partial charge in [-0.05, 0) is 163 Å². The Morgan fingerprint density at radius 2 is 1.41 bits per heavy atom. The average Bonchev–Trinajstić information content (AvgIpc) is 1.76. The van der Waals surface area contributed by atoms with Crippen LogP contribution in [-0.2, 0) is 115 Å². The van der Waals surface area contributed by atoms with Gasteiger partial charge in [-0.15, -0.1) is 5.10 Å². The Labute approximate surface area is 746 Å². The first kappa shape index (κ1) is 103. The number of hydrogen-bond donors (Lipinski definition) is 6. The summed E-state index contributed by atoms with van der Waals surface area (Å²) in [5, 5.41) is 51.7. The van der Waals surface area contributed by atoms with E-state index in [1.807, 2.05) is 70.3 Å². The van der Waals surface area contributed by atoms with Crippen molar-refractivity contribution in [2.45, 2.75) is 232 Å². The molecule has 1 saturated carbocycles. The molecule has 4 aliphatic rings. The van der Waals surface area contributed by atoms with Crippen molar-refractivity contribution in [3.05, 3.63) is 90.1 Å². The van der Waals surface area contributed by atoms with E-state index in [4.69, 9.17) is 77.1 Å². The number of rotatable bonds is 45. The van der Waals surface area contributed by atoms with E-state index in [-0.39, 0.29) is 85.6 Å². The molecule has 34 nitrogen and oxygen atoms in total. The van der Waals surface area contributed by atoms with Crippen LogP contribution in [-0.4, -0.2) is 296 Å². The lowest BCUT2D eigenvalue weighted by molar-refractivity contribution is -0.265. The molecule has 1 aromatic carbocycles. The number of anilines is 1. The number of aromatic nitrogens is 8. The van der Waals surface area contributed by atoms with E-state index in [1.54, 1.807) is 68.6 Å². The number of nitrogens with two attached hydrogens (primary N) is 1. The third-order valence-electron chi connectivity index (χ3n) is 24.3. The number of ketones is 3. The van der Waals surface area contributed by atoms with Crippen molar-refractivity contribution >= 4 is 62.9 Å². The molecule has 3 fully saturated rings. The molecule has 7 N–H and O–H groups in total. The number of ether oxygens (including phenoxy) is 14. The zero-order chi connectivity index (χ0) is 91.0.